The Labute approximate surface area is 148 Å². The summed E-state index contributed by atoms with van der Waals surface area (Å²) in [6, 6.07) is 9.08. The van der Waals surface area contributed by atoms with Gasteiger partial charge in [0.25, 0.3) is 5.91 Å². The predicted molar refractivity (Wildman–Crippen MR) is 96.1 cm³/mol. The molecule has 0 aliphatic heterocycles. The molecule has 4 nitrogen and oxygen atoms in total. The lowest BCUT2D eigenvalue weighted by molar-refractivity contribution is -0.119. The molecule has 0 fully saturated rings. The van der Waals surface area contributed by atoms with Gasteiger partial charge in [0.2, 0.25) is 0 Å². The number of hydrogen-bond donors (Lipinski definition) is 1. The molecule has 2 aromatic rings. The standard InChI is InChI=1S/C17H18BrNO3S/c1-3-5-12-8-15(23-11(12)2)17(21)22-10-16(20)19-14-7-4-6-13(18)9-14/h4,6-9H,3,5,10H2,1-2H3,(H,19,20). The number of halogens is 1. The number of anilines is 1. The van der Waals surface area contributed by atoms with Gasteiger partial charge in [-0.2, -0.15) is 0 Å². The lowest BCUT2D eigenvalue weighted by atomic mass is 10.1. The van der Waals surface area contributed by atoms with Gasteiger partial charge in [0.1, 0.15) is 4.88 Å². The Kier molecular flexibility index (Phi) is 6.36. The number of aryl methyl sites for hydroxylation is 2. The number of amides is 1. The number of esters is 1. The van der Waals surface area contributed by atoms with Gasteiger partial charge in [-0.05, 0) is 43.2 Å². The van der Waals surface area contributed by atoms with Gasteiger partial charge in [-0.3, -0.25) is 4.79 Å². The van der Waals surface area contributed by atoms with Crippen LogP contribution in [0.1, 0.15) is 33.5 Å². The normalized spacial score (nSPS) is 10.4. The fourth-order valence-corrected chi connectivity index (χ4v) is 3.47. The minimum atomic E-state index is -0.454. The van der Waals surface area contributed by atoms with Crippen LogP contribution in [-0.2, 0) is 16.0 Å². The molecule has 0 saturated heterocycles. The van der Waals surface area contributed by atoms with Crippen LogP contribution in [-0.4, -0.2) is 18.5 Å². The summed E-state index contributed by atoms with van der Waals surface area (Å²) in [5, 5.41) is 2.68. The van der Waals surface area contributed by atoms with Crippen molar-refractivity contribution in [3.63, 3.8) is 0 Å². The molecule has 2 rings (SSSR count). The van der Waals surface area contributed by atoms with Crippen molar-refractivity contribution in [1.29, 1.82) is 0 Å². The molecule has 0 atom stereocenters. The second-order valence-corrected chi connectivity index (χ2v) is 7.25. The van der Waals surface area contributed by atoms with Gasteiger partial charge in [0, 0.05) is 15.0 Å². The summed E-state index contributed by atoms with van der Waals surface area (Å²) >= 11 is 4.74. The van der Waals surface area contributed by atoms with Crippen LogP contribution in [0.15, 0.2) is 34.8 Å². The van der Waals surface area contributed by atoms with Crippen molar-refractivity contribution >= 4 is 44.8 Å². The highest BCUT2D eigenvalue weighted by molar-refractivity contribution is 9.10. The van der Waals surface area contributed by atoms with E-state index >= 15 is 0 Å². The fourth-order valence-electron chi connectivity index (χ4n) is 2.10. The average molecular weight is 396 g/mol. The Morgan fingerprint density at radius 1 is 1.30 bits per heavy atom. The lowest BCUT2D eigenvalue weighted by Crippen LogP contribution is -2.20. The summed E-state index contributed by atoms with van der Waals surface area (Å²) in [4.78, 5) is 25.5. The Bertz CT molecular complexity index is 712. The summed E-state index contributed by atoms with van der Waals surface area (Å²) in [5.41, 5.74) is 1.82. The molecular weight excluding hydrogens is 378 g/mol. The smallest absolute Gasteiger partial charge is 0.348 e. The summed E-state index contributed by atoms with van der Waals surface area (Å²) in [6.45, 7) is 3.79. The zero-order valence-corrected chi connectivity index (χ0v) is 15.4. The van der Waals surface area contributed by atoms with Crippen LogP contribution in [0.4, 0.5) is 5.69 Å². The van der Waals surface area contributed by atoms with Crippen molar-refractivity contribution < 1.29 is 14.3 Å². The molecule has 122 valence electrons. The first-order valence-electron chi connectivity index (χ1n) is 7.31. The van der Waals surface area contributed by atoms with E-state index in [4.69, 9.17) is 4.74 Å². The van der Waals surface area contributed by atoms with E-state index in [-0.39, 0.29) is 12.5 Å². The summed E-state index contributed by atoms with van der Waals surface area (Å²) in [6.07, 6.45) is 1.97. The summed E-state index contributed by atoms with van der Waals surface area (Å²) < 4.78 is 5.95. The monoisotopic (exact) mass is 395 g/mol. The molecule has 0 radical (unpaired) electrons. The van der Waals surface area contributed by atoms with Gasteiger partial charge in [-0.15, -0.1) is 11.3 Å². The largest absolute Gasteiger partial charge is 0.451 e. The SMILES string of the molecule is CCCc1cc(C(=O)OCC(=O)Nc2cccc(Br)c2)sc1C. The van der Waals surface area contributed by atoms with Crippen molar-refractivity contribution in [3.8, 4) is 0 Å². The highest BCUT2D eigenvalue weighted by atomic mass is 79.9. The van der Waals surface area contributed by atoms with Gasteiger partial charge in [0.05, 0.1) is 0 Å². The number of nitrogens with one attached hydrogen (secondary N) is 1. The molecule has 0 bridgehead atoms. The average Bonchev–Trinajstić information content (AvgIpc) is 2.86. The van der Waals surface area contributed by atoms with Crippen LogP contribution in [0, 0.1) is 6.92 Å². The van der Waals surface area contributed by atoms with E-state index in [0.717, 1.165) is 22.2 Å². The third kappa shape index (κ3) is 5.18. The predicted octanol–water partition coefficient (Wildman–Crippen LogP) is 4.57. The Balaban J connectivity index is 1.88. The number of benzene rings is 1. The third-order valence-electron chi connectivity index (χ3n) is 3.18. The molecule has 0 unspecified atom stereocenters. The minimum Gasteiger partial charge on any atom is -0.451 e. The van der Waals surface area contributed by atoms with Crippen LogP contribution in [0.2, 0.25) is 0 Å². The first kappa shape index (κ1) is 17.7. The number of thiophene rings is 1. The Morgan fingerprint density at radius 2 is 2.09 bits per heavy atom. The highest BCUT2D eigenvalue weighted by Gasteiger charge is 2.15. The van der Waals surface area contributed by atoms with E-state index in [1.165, 1.54) is 16.9 Å². The molecule has 1 heterocycles. The second-order valence-electron chi connectivity index (χ2n) is 5.08. The fraction of sp³-hybridized carbons (Fsp3) is 0.294. The molecule has 0 aliphatic rings. The molecule has 6 heteroatoms. The second kappa shape index (κ2) is 8.26. The van der Waals surface area contributed by atoms with Crippen LogP contribution >= 0.6 is 27.3 Å². The zero-order valence-electron chi connectivity index (χ0n) is 13.0. The van der Waals surface area contributed by atoms with Gasteiger partial charge in [-0.1, -0.05) is 35.3 Å². The quantitative estimate of drug-likeness (QED) is 0.728. The number of ether oxygens (including phenoxy) is 1. The number of carbonyl (C=O) groups is 2. The van der Waals surface area contributed by atoms with Crippen molar-refractivity contribution in [1.82, 2.24) is 0 Å². The number of hydrogen-bond acceptors (Lipinski definition) is 4. The first-order valence-corrected chi connectivity index (χ1v) is 8.92. The summed E-state index contributed by atoms with van der Waals surface area (Å²) in [5.74, 6) is -0.816. The van der Waals surface area contributed by atoms with Gasteiger partial charge < -0.3 is 10.1 Å². The summed E-state index contributed by atoms with van der Waals surface area (Å²) in [7, 11) is 0. The topological polar surface area (TPSA) is 55.4 Å². The maximum atomic E-state index is 12.0. The van der Waals surface area contributed by atoms with Crippen molar-refractivity contribution in [3.05, 3.63) is 50.1 Å². The van der Waals surface area contributed by atoms with E-state index in [1.54, 1.807) is 12.1 Å². The molecule has 0 aliphatic carbocycles. The van der Waals surface area contributed by atoms with Crippen LogP contribution in [0.3, 0.4) is 0 Å². The molecule has 1 N–H and O–H groups in total. The lowest BCUT2D eigenvalue weighted by Gasteiger charge is -2.06. The molecule has 0 saturated carbocycles. The molecular formula is C17H18BrNO3S. The van der Waals surface area contributed by atoms with E-state index in [1.807, 2.05) is 25.1 Å². The molecule has 0 spiro atoms. The van der Waals surface area contributed by atoms with Crippen molar-refractivity contribution in [2.45, 2.75) is 26.7 Å². The number of carbonyl (C=O) groups excluding carboxylic acids is 2. The Morgan fingerprint density at radius 3 is 2.78 bits per heavy atom. The van der Waals surface area contributed by atoms with E-state index in [2.05, 4.69) is 28.2 Å². The number of rotatable bonds is 6. The van der Waals surface area contributed by atoms with Gasteiger partial charge >= 0.3 is 5.97 Å². The third-order valence-corrected chi connectivity index (χ3v) is 4.75. The molecule has 1 aromatic heterocycles. The van der Waals surface area contributed by atoms with Gasteiger partial charge in [0.15, 0.2) is 6.61 Å². The maximum Gasteiger partial charge on any atom is 0.348 e. The van der Waals surface area contributed by atoms with Crippen molar-refractivity contribution in [2.24, 2.45) is 0 Å². The first-order chi connectivity index (χ1) is 11.0. The van der Waals surface area contributed by atoms with Crippen LogP contribution < -0.4 is 5.32 Å². The molecule has 1 amide bonds. The minimum absolute atomic E-state index is 0.300. The molecule has 23 heavy (non-hydrogen) atoms. The van der Waals surface area contributed by atoms with Crippen LogP contribution in [0.5, 0.6) is 0 Å². The Hall–Kier alpha value is -1.66. The van der Waals surface area contributed by atoms with Crippen molar-refractivity contribution in [2.75, 3.05) is 11.9 Å². The highest BCUT2D eigenvalue weighted by Crippen LogP contribution is 2.23. The van der Waals surface area contributed by atoms with E-state index in [0.29, 0.717) is 10.6 Å². The molecule has 1 aromatic carbocycles. The zero-order chi connectivity index (χ0) is 16.8. The maximum absolute atomic E-state index is 12.0. The van der Waals surface area contributed by atoms with E-state index in [9.17, 15) is 9.59 Å². The van der Waals surface area contributed by atoms with E-state index < -0.39 is 5.97 Å². The van der Waals surface area contributed by atoms with Gasteiger partial charge in [-0.25, -0.2) is 4.79 Å². The van der Waals surface area contributed by atoms with Crippen LogP contribution in [0.25, 0.3) is 0 Å².